The van der Waals surface area contributed by atoms with Crippen LogP contribution in [0.1, 0.15) is 73.0 Å². The number of rotatable bonds is 4. The number of H-pyrrole nitrogens is 1. The highest BCUT2D eigenvalue weighted by atomic mass is 16.5. The highest BCUT2D eigenvalue weighted by Gasteiger charge is 2.28. The average molecular weight is 511 g/mol. The molecule has 10 heteroatoms. The van der Waals surface area contributed by atoms with E-state index in [0.717, 1.165) is 58.6 Å². The molecule has 4 heterocycles. The standard InChI is InChI=1S/C28H30N8O2/c1-15-20(14-36(5)34-15)23-31-22-19(11-12-29-24(22)32-23)17-9-10-18-16(13-17)7-6-8-21(18)30-25(37)26-33-27(35-38-26)28(2,3)4/h9-14,21H,6-8H2,1-5H3,(H,30,37)(H,29,31,32). The van der Waals surface area contributed by atoms with Crippen molar-refractivity contribution in [3.05, 3.63) is 65.2 Å². The van der Waals surface area contributed by atoms with Crippen LogP contribution in [0.3, 0.4) is 0 Å². The molecular formula is C28H30N8O2. The van der Waals surface area contributed by atoms with E-state index in [1.54, 1.807) is 10.9 Å². The monoisotopic (exact) mass is 510 g/mol. The maximum Gasteiger partial charge on any atom is 0.315 e. The van der Waals surface area contributed by atoms with Gasteiger partial charge in [0, 0.05) is 30.4 Å². The molecule has 10 nitrogen and oxygen atoms in total. The largest absolute Gasteiger partial charge is 0.341 e. The Labute approximate surface area is 219 Å². The second-order valence-corrected chi connectivity index (χ2v) is 10.9. The molecule has 1 unspecified atom stereocenters. The first-order valence-corrected chi connectivity index (χ1v) is 12.8. The Morgan fingerprint density at radius 1 is 1.18 bits per heavy atom. The van der Waals surface area contributed by atoms with Gasteiger partial charge in [0.15, 0.2) is 11.5 Å². The van der Waals surface area contributed by atoms with Crippen LogP contribution in [0, 0.1) is 6.92 Å². The van der Waals surface area contributed by atoms with Gasteiger partial charge in [-0.25, -0.2) is 9.97 Å². The lowest BCUT2D eigenvalue weighted by atomic mass is 9.85. The zero-order valence-electron chi connectivity index (χ0n) is 22.2. The molecule has 0 aliphatic heterocycles. The third-order valence-corrected chi connectivity index (χ3v) is 7.03. The van der Waals surface area contributed by atoms with Crippen molar-refractivity contribution < 1.29 is 9.32 Å². The summed E-state index contributed by atoms with van der Waals surface area (Å²) in [5.74, 6) is 0.917. The zero-order chi connectivity index (χ0) is 26.6. The summed E-state index contributed by atoms with van der Waals surface area (Å²) in [4.78, 5) is 29.9. The number of nitrogens with one attached hydrogen (secondary N) is 2. The number of aryl methyl sites for hydroxylation is 3. The van der Waals surface area contributed by atoms with Crippen LogP contribution in [0.5, 0.6) is 0 Å². The second-order valence-electron chi connectivity index (χ2n) is 10.9. The number of hydrogen-bond acceptors (Lipinski definition) is 7. The quantitative estimate of drug-likeness (QED) is 0.355. The average Bonchev–Trinajstić information content (AvgIpc) is 3.61. The summed E-state index contributed by atoms with van der Waals surface area (Å²) in [6.07, 6.45) is 6.52. The van der Waals surface area contributed by atoms with Crippen LogP contribution >= 0.6 is 0 Å². The van der Waals surface area contributed by atoms with Gasteiger partial charge in [-0.15, -0.1) is 0 Å². The normalized spacial score (nSPS) is 15.6. The summed E-state index contributed by atoms with van der Waals surface area (Å²) in [7, 11) is 1.90. The summed E-state index contributed by atoms with van der Waals surface area (Å²) >= 11 is 0. The van der Waals surface area contributed by atoms with E-state index in [9.17, 15) is 4.79 Å². The molecule has 1 aromatic carbocycles. The van der Waals surface area contributed by atoms with Crippen molar-refractivity contribution in [2.24, 2.45) is 7.05 Å². The molecule has 1 amide bonds. The van der Waals surface area contributed by atoms with Gasteiger partial charge in [-0.05, 0) is 48.9 Å². The molecule has 0 radical (unpaired) electrons. The SMILES string of the molecule is Cc1nn(C)cc1-c1nc2nccc(-c3ccc4c(c3)CCCC4NC(=O)c3nc(C(C)(C)C)no3)c2[nH]1. The number of hydrogen-bond donors (Lipinski definition) is 2. The van der Waals surface area contributed by atoms with Crippen molar-refractivity contribution in [3.8, 4) is 22.5 Å². The Kier molecular flexibility index (Phi) is 5.62. The van der Waals surface area contributed by atoms with Crippen LogP contribution in [-0.4, -0.2) is 40.8 Å². The molecule has 194 valence electrons. The lowest BCUT2D eigenvalue weighted by Crippen LogP contribution is -2.31. The first kappa shape index (κ1) is 24.0. The molecule has 6 rings (SSSR count). The fourth-order valence-corrected chi connectivity index (χ4v) is 5.08. The molecule has 2 N–H and O–H groups in total. The lowest BCUT2D eigenvalue weighted by molar-refractivity contribution is 0.0888. The van der Waals surface area contributed by atoms with Gasteiger partial charge < -0.3 is 14.8 Å². The maximum absolute atomic E-state index is 12.9. The molecule has 0 saturated carbocycles. The van der Waals surface area contributed by atoms with Gasteiger partial charge in [-0.3, -0.25) is 9.48 Å². The van der Waals surface area contributed by atoms with Gasteiger partial charge in [-0.2, -0.15) is 10.1 Å². The molecule has 38 heavy (non-hydrogen) atoms. The molecule has 1 aliphatic rings. The number of nitrogens with zero attached hydrogens (tertiary/aromatic N) is 6. The molecule has 5 aromatic rings. The number of fused-ring (bicyclic) bond motifs is 2. The minimum atomic E-state index is -0.346. The van der Waals surface area contributed by atoms with E-state index in [1.807, 2.05) is 47.0 Å². The van der Waals surface area contributed by atoms with Gasteiger partial charge in [0.1, 0.15) is 5.82 Å². The highest BCUT2D eigenvalue weighted by Crippen LogP contribution is 2.35. The number of benzene rings is 1. The van der Waals surface area contributed by atoms with E-state index in [1.165, 1.54) is 5.56 Å². The van der Waals surface area contributed by atoms with Gasteiger partial charge >= 0.3 is 11.8 Å². The zero-order valence-corrected chi connectivity index (χ0v) is 22.2. The van der Waals surface area contributed by atoms with Crippen molar-refractivity contribution in [1.29, 1.82) is 0 Å². The molecule has 4 aromatic heterocycles. The summed E-state index contributed by atoms with van der Waals surface area (Å²) in [5, 5.41) is 11.5. The van der Waals surface area contributed by atoms with Crippen LogP contribution in [-0.2, 0) is 18.9 Å². The van der Waals surface area contributed by atoms with Crippen LogP contribution in [0.25, 0.3) is 33.7 Å². The van der Waals surface area contributed by atoms with Crippen molar-refractivity contribution in [3.63, 3.8) is 0 Å². The van der Waals surface area contributed by atoms with Crippen LogP contribution in [0.4, 0.5) is 0 Å². The number of aromatic amines is 1. The molecular weight excluding hydrogens is 480 g/mol. The number of carbonyl (C=O) groups excluding carboxylic acids is 1. The number of amides is 1. The first-order chi connectivity index (χ1) is 18.2. The fraction of sp³-hybridized carbons (Fsp3) is 0.357. The minimum Gasteiger partial charge on any atom is -0.341 e. The third-order valence-electron chi connectivity index (χ3n) is 7.03. The molecule has 0 saturated heterocycles. The predicted octanol–water partition coefficient (Wildman–Crippen LogP) is 4.82. The van der Waals surface area contributed by atoms with E-state index >= 15 is 0 Å². The van der Waals surface area contributed by atoms with Crippen LogP contribution in [0.15, 0.2) is 41.2 Å². The van der Waals surface area contributed by atoms with Crippen molar-refractivity contribution >= 4 is 17.1 Å². The Bertz CT molecular complexity index is 1670. The third kappa shape index (κ3) is 4.25. The Hall–Kier alpha value is -4.34. The second kappa shape index (κ2) is 8.90. The van der Waals surface area contributed by atoms with Crippen LogP contribution < -0.4 is 5.32 Å². The number of carbonyl (C=O) groups is 1. The summed E-state index contributed by atoms with van der Waals surface area (Å²) in [5.41, 5.74) is 7.56. The molecule has 0 bridgehead atoms. The van der Waals surface area contributed by atoms with E-state index < -0.39 is 0 Å². The summed E-state index contributed by atoms with van der Waals surface area (Å²) < 4.78 is 7.03. The molecule has 1 aliphatic carbocycles. The van der Waals surface area contributed by atoms with Crippen LogP contribution in [0.2, 0.25) is 0 Å². The van der Waals surface area contributed by atoms with E-state index in [-0.39, 0.29) is 23.3 Å². The van der Waals surface area contributed by atoms with E-state index in [2.05, 4.69) is 48.7 Å². The van der Waals surface area contributed by atoms with Crippen molar-refractivity contribution in [2.75, 3.05) is 0 Å². The molecule has 0 fully saturated rings. The number of imidazole rings is 1. The van der Waals surface area contributed by atoms with E-state index in [4.69, 9.17) is 9.51 Å². The minimum absolute atomic E-state index is 0.00301. The number of pyridine rings is 1. The highest BCUT2D eigenvalue weighted by molar-refractivity contribution is 5.92. The van der Waals surface area contributed by atoms with E-state index in [0.29, 0.717) is 11.5 Å². The summed E-state index contributed by atoms with van der Waals surface area (Å²) in [6, 6.07) is 8.31. The van der Waals surface area contributed by atoms with Gasteiger partial charge in [0.05, 0.1) is 22.8 Å². The molecule has 1 atom stereocenters. The summed E-state index contributed by atoms with van der Waals surface area (Å²) in [6.45, 7) is 7.91. The first-order valence-electron chi connectivity index (χ1n) is 12.8. The fourth-order valence-electron chi connectivity index (χ4n) is 5.08. The smallest absolute Gasteiger partial charge is 0.315 e. The lowest BCUT2D eigenvalue weighted by Gasteiger charge is -2.26. The predicted molar refractivity (Wildman–Crippen MR) is 142 cm³/mol. The molecule has 0 spiro atoms. The van der Waals surface area contributed by atoms with Crippen molar-refractivity contribution in [1.82, 2.24) is 40.2 Å². The Morgan fingerprint density at radius 2 is 2.03 bits per heavy atom. The maximum atomic E-state index is 12.9. The Balaban J connectivity index is 1.29. The van der Waals surface area contributed by atoms with Gasteiger partial charge in [0.25, 0.3) is 0 Å². The van der Waals surface area contributed by atoms with Crippen molar-refractivity contribution in [2.45, 2.75) is 58.4 Å². The topological polar surface area (TPSA) is 127 Å². The number of aromatic nitrogens is 7. The van der Waals surface area contributed by atoms with Gasteiger partial charge in [-0.1, -0.05) is 44.1 Å². The Morgan fingerprint density at radius 3 is 2.76 bits per heavy atom. The van der Waals surface area contributed by atoms with Gasteiger partial charge in [0.2, 0.25) is 0 Å².